The van der Waals surface area contributed by atoms with Crippen molar-refractivity contribution in [1.82, 2.24) is 4.90 Å². The van der Waals surface area contributed by atoms with E-state index in [1.807, 2.05) is 0 Å². The molecule has 2 aromatic carbocycles. The van der Waals surface area contributed by atoms with E-state index < -0.39 is 5.97 Å². The first-order valence-corrected chi connectivity index (χ1v) is 9.56. The number of anilines is 1. The van der Waals surface area contributed by atoms with Crippen LogP contribution >= 0.6 is 15.9 Å². The van der Waals surface area contributed by atoms with E-state index in [0.717, 1.165) is 5.69 Å². The molecule has 0 aromatic heterocycles. The quantitative estimate of drug-likeness (QED) is 0.655. The number of esters is 1. The first-order valence-electron chi connectivity index (χ1n) is 8.77. The number of hydrogen-bond donors (Lipinski definition) is 0. The molecule has 148 valence electrons. The molecule has 0 saturated carbocycles. The Balaban J connectivity index is 1.51. The minimum Gasteiger partial charge on any atom is -0.483 e. The molecule has 0 unspecified atom stereocenters. The highest BCUT2D eigenvalue weighted by molar-refractivity contribution is 9.10. The van der Waals surface area contributed by atoms with Crippen LogP contribution in [0.2, 0.25) is 0 Å². The number of ether oxygens (including phenoxy) is 2. The topological polar surface area (TPSA) is 59.1 Å². The average molecular weight is 451 g/mol. The van der Waals surface area contributed by atoms with Crippen LogP contribution in [-0.2, 0) is 9.53 Å². The predicted molar refractivity (Wildman–Crippen MR) is 106 cm³/mol. The fourth-order valence-corrected chi connectivity index (χ4v) is 3.45. The van der Waals surface area contributed by atoms with Gasteiger partial charge in [0.2, 0.25) is 0 Å². The number of amides is 1. The Morgan fingerprint density at radius 3 is 2.36 bits per heavy atom. The SMILES string of the molecule is COC(=O)c1ccc(OCC(=O)N2CCN(c3ccc(F)cc3)CC2)c(Br)c1. The van der Waals surface area contributed by atoms with Crippen LogP contribution in [0.25, 0.3) is 0 Å². The van der Waals surface area contributed by atoms with E-state index in [2.05, 4.69) is 25.6 Å². The van der Waals surface area contributed by atoms with Gasteiger partial charge in [0.15, 0.2) is 6.61 Å². The van der Waals surface area contributed by atoms with Gasteiger partial charge in [-0.3, -0.25) is 4.79 Å². The average Bonchev–Trinajstić information content (AvgIpc) is 2.72. The highest BCUT2D eigenvalue weighted by Gasteiger charge is 2.22. The first-order chi connectivity index (χ1) is 13.5. The Morgan fingerprint density at radius 2 is 1.75 bits per heavy atom. The largest absolute Gasteiger partial charge is 0.483 e. The summed E-state index contributed by atoms with van der Waals surface area (Å²) in [5.41, 5.74) is 1.34. The smallest absolute Gasteiger partial charge is 0.337 e. The molecule has 0 bridgehead atoms. The number of piperazine rings is 1. The van der Waals surface area contributed by atoms with Gasteiger partial charge in [-0.25, -0.2) is 9.18 Å². The lowest BCUT2D eigenvalue weighted by Gasteiger charge is -2.36. The van der Waals surface area contributed by atoms with Crippen molar-refractivity contribution in [2.75, 3.05) is 44.8 Å². The van der Waals surface area contributed by atoms with Crippen molar-refractivity contribution >= 4 is 33.5 Å². The molecule has 3 rings (SSSR count). The van der Waals surface area contributed by atoms with Gasteiger partial charge in [0.1, 0.15) is 11.6 Å². The van der Waals surface area contributed by atoms with Crippen LogP contribution < -0.4 is 9.64 Å². The molecule has 2 aromatic rings. The Labute approximate surface area is 171 Å². The van der Waals surface area contributed by atoms with Gasteiger partial charge in [0.25, 0.3) is 5.91 Å². The van der Waals surface area contributed by atoms with Crippen LogP contribution in [0, 0.1) is 5.82 Å². The molecule has 8 heteroatoms. The number of carbonyl (C=O) groups excluding carboxylic acids is 2. The molecule has 28 heavy (non-hydrogen) atoms. The van der Waals surface area contributed by atoms with Crippen LogP contribution in [0.4, 0.5) is 10.1 Å². The number of halogens is 2. The highest BCUT2D eigenvalue weighted by atomic mass is 79.9. The zero-order valence-corrected chi connectivity index (χ0v) is 16.9. The van der Waals surface area contributed by atoms with Crippen molar-refractivity contribution in [1.29, 1.82) is 0 Å². The Hall–Kier alpha value is -2.61. The molecule has 0 spiro atoms. The third-order valence-electron chi connectivity index (χ3n) is 4.53. The Bertz CT molecular complexity index is 852. The second kappa shape index (κ2) is 9.05. The summed E-state index contributed by atoms with van der Waals surface area (Å²) in [5.74, 6) is -0.337. The zero-order valence-electron chi connectivity index (χ0n) is 15.4. The highest BCUT2D eigenvalue weighted by Crippen LogP contribution is 2.26. The maximum absolute atomic E-state index is 13.0. The van der Waals surface area contributed by atoms with E-state index in [4.69, 9.17) is 4.74 Å². The molecule has 1 fully saturated rings. The fourth-order valence-electron chi connectivity index (χ4n) is 2.96. The molecule has 0 atom stereocenters. The predicted octanol–water partition coefficient (Wildman–Crippen LogP) is 3.10. The molecule has 1 aliphatic heterocycles. The number of rotatable bonds is 5. The standard InChI is InChI=1S/C20H20BrFN2O4/c1-27-20(26)14-2-7-18(17(21)12-14)28-13-19(25)24-10-8-23(9-11-24)16-5-3-15(22)4-6-16/h2-7,12H,8-11,13H2,1H3. The first kappa shape index (κ1) is 20.1. The van der Waals surface area contributed by atoms with Crippen LogP contribution in [0.1, 0.15) is 10.4 Å². The van der Waals surface area contributed by atoms with Crippen molar-refractivity contribution < 1.29 is 23.5 Å². The van der Waals surface area contributed by atoms with Crippen molar-refractivity contribution in [2.45, 2.75) is 0 Å². The van der Waals surface area contributed by atoms with E-state index >= 15 is 0 Å². The van der Waals surface area contributed by atoms with Gasteiger partial charge in [-0.05, 0) is 58.4 Å². The van der Waals surface area contributed by atoms with Gasteiger partial charge < -0.3 is 19.3 Å². The van der Waals surface area contributed by atoms with Crippen molar-refractivity contribution in [3.05, 3.63) is 58.3 Å². The molecule has 1 aliphatic rings. The molecule has 1 amide bonds. The molecule has 0 aliphatic carbocycles. The summed E-state index contributed by atoms with van der Waals surface area (Å²) in [6, 6.07) is 11.1. The molecule has 6 nitrogen and oxygen atoms in total. The summed E-state index contributed by atoms with van der Waals surface area (Å²) in [6.07, 6.45) is 0. The monoisotopic (exact) mass is 450 g/mol. The summed E-state index contributed by atoms with van der Waals surface area (Å²) in [4.78, 5) is 27.8. The van der Waals surface area contributed by atoms with Gasteiger partial charge in [-0.15, -0.1) is 0 Å². The summed E-state index contributed by atoms with van der Waals surface area (Å²) < 4.78 is 23.9. The van der Waals surface area contributed by atoms with Gasteiger partial charge in [-0.1, -0.05) is 0 Å². The van der Waals surface area contributed by atoms with Gasteiger partial charge in [0, 0.05) is 31.9 Å². The third kappa shape index (κ3) is 4.81. The minimum atomic E-state index is -0.442. The van der Waals surface area contributed by atoms with E-state index in [-0.39, 0.29) is 18.3 Å². The van der Waals surface area contributed by atoms with Crippen molar-refractivity contribution in [3.8, 4) is 5.75 Å². The molecule has 0 radical (unpaired) electrons. The second-order valence-corrected chi connectivity index (χ2v) is 7.12. The summed E-state index contributed by atoms with van der Waals surface area (Å²) in [5, 5.41) is 0. The van der Waals surface area contributed by atoms with E-state index in [0.29, 0.717) is 42.0 Å². The lowest BCUT2D eigenvalue weighted by atomic mass is 10.2. The lowest BCUT2D eigenvalue weighted by Crippen LogP contribution is -2.50. The summed E-state index contributed by atoms with van der Waals surface area (Å²) in [6.45, 7) is 2.40. The van der Waals surface area contributed by atoms with Crippen molar-refractivity contribution in [3.63, 3.8) is 0 Å². The van der Waals surface area contributed by atoms with Crippen LogP contribution in [-0.4, -0.2) is 56.7 Å². The van der Waals surface area contributed by atoms with Crippen LogP contribution in [0.5, 0.6) is 5.75 Å². The maximum Gasteiger partial charge on any atom is 0.337 e. The maximum atomic E-state index is 13.0. The van der Waals surface area contributed by atoms with Crippen LogP contribution in [0.3, 0.4) is 0 Å². The van der Waals surface area contributed by atoms with Gasteiger partial charge >= 0.3 is 5.97 Å². The van der Waals surface area contributed by atoms with Crippen LogP contribution in [0.15, 0.2) is 46.9 Å². The number of nitrogens with zero attached hydrogens (tertiary/aromatic N) is 2. The second-order valence-electron chi connectivity index (χ2n) is 6.27. The molecular weight excluding hydrogens is 431 g/mol. The number of hydrogen-bond acceptors (Lipinski definition) is 5. The zero-order chi connectivity index (χ0) is 20.1. The lowest BCUT2D eigenvalue weighted by molar-refractivity contribution is -0.133. The van der Waals surface area contributed by atoms with Crippen molar-refractivity contribution in [2.24, 2.45) is 0 Å². The van der Waals surface area contributed by atoms with Gasteiger partial charge in [0.05, 0.1) is 17.1 Å². The molecule has 0 N–H and O–H groups in total. The summed E-state index contributed by atoms with van der Waals surface area (Å²) in [7, 11) is 1.31. The number of methoxy groups -OCH3 is 1. The molecular formula is C20H20BrFN2O4. The van der Waals surface area contributed by atoms with E-state index in [1.165, 1.54) is 19.2 Å². The van der Waals surface area contributed by atoms with E-state index in [1.54, 1.807) is 35.2 Å². The fraction of sp³-hybridized carbons (Fsp3) is 0.300. The number of benzene rings is 2. The van der Waals surface area contributed by atoms with E-state index in [9.17, 15) is 14.0 Å². The normalized spacial score (nSPS) is 14.0. The molecule has 1 saturated heterocycles. The molecule has 1 heterocycles. The third-order valence-corrected chi connectivity index (χ3v) is 5.15. The van der Waals surface area contributed by atoms with Gasteiger partial charge in [-0.2, -0.15) is 0 Å². The Kier molecular flexibility index (Phi) is 6.51. The number of carbonyl (C=O) groups is 2. The minimum absolute atomic E-state index is 0.0906. The summed E-state index contributed by atoms with van der Waals surface area (Å²) >= 11 is 3.34. The Morgan fingerprint density at radius 1 is 1.07 bits per heavy atom.